The van der Waals surface area contributed by atoms with Crippen LogP contribution < -0.4 is 0 Å². The van der Waals surface area contributed by atoms with E-state index in [4.69, 9.17) is 23.2 Å². The number of benzene rings is 1. The first-order valence-electron chi connectivity index (χ1n) is 8.92. The summed E-state index contributed by atoms with van der Waals surface area (Å²) >= 11 is 12.6. The van der Waals surface area contributed by atoms with Crippen molar-refractivity contribution in [2.45, 2.75) is 50.6 Å². The topological polar surface area (TPSA) is 6.48 Å². The van der Waals surface area contributed by atoms with Crippen LogP contribution in [0.25, 0.3) is 0 Å². The second kappa shape index (κ2) is 8.71. The van der Waals surface area contributed by atoms with Crippen LogP contribution in [0.4, 0.5) is 0 Å². The van der Waals surface area contributed by atoms with Crippen LogP contribution in [0.2, 0.25) is 10.0 Å². The number of rotatable bonds is 7. The smallest absolute Gasteiger partial charge is 0.0457 e. The van der Waals surface area contributed by atoms with E-state index in [1.165, 1.54) is 24.8 Å². The lowest BCUT2D eigenvalue weighted by Gasteiger charge is -2.47. The maximum Gasteiger partial charge on any atom is 0.0457 e. The summed E-state index contributed by atoms with van der Waals surface area (Å²) in [6.45, 7) is 8.30. The van der Waals surface area contributed by atoms with Gasteiger partial charge in [-0.15, -0.1) is 6.58 Å². The van der Waals surface area contributed by atoms with Crippen molar-refractivity contribution in [3.63, 3.8) is 0 Å². The third kappa shape index (κ3) is 4.35. The van der Waals surface area contributed by atoms with Gasteiger partial charge in [-0.25, -0.2) is 0 Å². The van der Waals surface area contributed by atoms with E-state index in [9.17, 15) is 0 Å². The highest BCUT2D eigenvalue weighted by Crippen LogP contribution is 2.43. The highest BCUT2D eigenvalue weighted by Gasteiger charge is 2.40. The van der Waals surface area contributed by atoms with E-state index in [-0.39, 0.29) is 5.54 Å². The molecule has 0 saturated heterocycles. The van der Waals surface area contributed by atoms with Crippen molar-refractivity contribution in [1.29, 1.82) is 0 Å². The lowest BCUT2D eigenvalue weighted by molar-refractivity contribution is 0.0528. The molecule has 0 unspecified atom stereocenters. The minimum absolute atomic E-state index is 0.0249. The van der Waals surface area contributed by atoms with Gasteiger partial charge in [0.1, 0.15) is 0 Å². The summed E-state index contributed by atoms with van der Waals surface area (Å²) < 4.78 is 0. The lowest BCUT2D eigenvalue weighted by Crippen LogP contribution is -2.49. The molecule has 0 aliphatic heterocycles. The quantitative estimate of drug-likeness (QED) is 0.578. The molecule has 0 amide bonds. The molecular formula is C20H30Cl2N2. The zero-order valence-corrected chi connectivity index (χ0v) is 16.7. The van der Waals surface area contributed by atoms with Gasteiger partial charge < -0.3 is 0 Å². The molecule has 0 heterocycles. The Morgan fingerprint density at radius 3 is 2.21 bits per heavy atom. The Kier molecular flexibility index (Phi) is 7.18. The second-order valence-electron chi connectivity index (χ2n) is 7.10. The zero-order chi connectivity index (χ0) is 17.7. The summed E-state index contributed by atoms with van der Waals surface area (Å²) in [5.41, 5.74) is 1.27. The fraction of sp³-hybridized carbons (Fsp3) is 0.600. The van der Waals surface area contributed by atoms with Crippen LogP contribution in [0.1, 0.15) is 44.6 Å². The molecule has 1 aromatic rings. The molecule has 0 N–H and O–H groups in total. The maximum atomic E-state index is 6.28. The summed E-state index contributed by atoms with van der Waals surface area (Å²) in [5.74, 6) is 0. The van der Waals surface area contributed by atoms with Gasteiger partial charge in [-0.1, -0.05) is 36.2 Å². The van der Waals surface area contributed by atoms with Crippen molar-refractivity contribution in [2.75, 3.05) is 27.2 Å². The summed E-state index contributed by atoms with van der Waals surface area (Å²) in [4.78, 5) is 4.93. The van der Waals surface area contributed by atoms with E-state index >= 15 is 0 Å². The van der Waals surface area contributed by atoms with Gasteiger partial charge in [0.15, 0.2) is 0 Å². The predicted octanol–water partition coefficient (Wildman–Crippen LogP) is 5.59. The second-order valence-corrected chi connectivity index (χ2v) is 7.97. The van der Waals surface area contributed by atoms with Crippen LogP contribution in [-0.2, 0) is 5.54 Å². The number of halogens is 2. The minimum Gasteiger partial charge on any atom is -0.300 e. The fourth-order valence-corrected chi connectivity index (χ4v) is 4.66. The van der Waals surface area contributed by atoms with Crippen molar-refractivity contribution in [2.24, 2.45) is 0 Å². The lowest BCUT2D eigenvalue weighted by atomic mass is 9.73. The molecule has 0 aromatic heterocycles. The standard InChI is InChI=1S/C20H30Cl2N2/c1-5-11-24(12-6-2)19-7-9-20(10-8-19,23(3)4)16-13-17(21)15-18(22)14-16/h5,13-15,19H,1,6-12H2,2-4H3. The average Bonchev–Trinajstić information content (AvgIpc) is 2.53. The molecule has 2 nitrogen and oxygen atoms in total. The molecule has 0 atom stereocenters. The Hall–Kier alpha value is -0.540. The fourth-order valence-electron chi connectivity index (χ4n) is 4.14. The molecule has 1 aliphatic rings. The van der Waals surface area contributed by atoms with Crippen LogP contribution in [0.3, 0.4) is 0 Å². The molecule has 134 valence electrons. The maximum absolute atomic E-state index is 6.28. The number of nitrogens with zero attached hydrogens (tertiary/aromatic N) is 2. The largest absolute Gasteiger partial charge is 0.300 e. The SMILES string of the molecule is C=CCN(CCC)C1CCC(c2cc(Cl)cc(Cl)c2)(N(C)C)CC1. The van der Waals surface area contributed by atoms with E-state index in [0.717, 1.165) is 36.0 Å². The predicted molar refractivity (Wildman–Crippen MR) is 106 cm³/mol. The van der Waals surface area contributed by atoms with Crippen LogP contribution in [-0.4, -0.2) is 43.0 Å². The molecule has 1 fully saturated rings. The summed E-state index contributed by atoms with van der Waals surface area (Å²) in [7, 11) is 4.34. The summed E-state index contributed by atoms with van der Waals surface area (Å²) in [6.07, 6.45) is 7.84. The number of hydrogen-bond donors (Lipinski definition) is 0. The first-order valence-corrected chi connectivity index (χ1v) is 9.67. The van der Waals surface area contributed by atoms with Gasteiger partial charge in [0.05, 0.1) is 0 Å². The van der Waals surface area contributed by atoms with Crippen LogP contribution in [0.15, 0.2) is 30.9 Å². The molecular weight excluding hydrogens is 339 g/mol. The van der Waals surface area contributed by atoms with E-state index in [1.54, 1.807) is 0 Å². The van der Waals surface area contributed by atoms with Gasteiger partial charge in [-0.2, -0.15) is 0 Å². The van der Waals surface area contributed by atoms with Crippen molar-refractivity contribution >= 4 is 23.2 Å². The van der Waals surface area contributed by atoms with Crippen molar-refractivity contribution < 1.29 is 0 Å². The van der Waals surface area contributed by atoms with Crippen molar-refractivity contribution in [3.8, 4) is 0 Å². The molecule has 4 heteroatoms. The summed E-state index contributed by atoms with van der Waals surface area (Å²) in [5, 5.41) is 1.44. The summed E-state index contributed by atoms with van der Waals surface area (Å²) in [6, 6.07) is 6.63. The van der Waals surface area contributed by atoms with Gasteiger partial charge in [0.25, 0.3) is 0 Å². The minimum atomic E-state index is 0.0249. The van der Waals surface area contributed by atoms with Gasteiger partial charge in [0.2, 0.25) is 0 Å². The third-order valence-electron chi connectivity index (χ3n) is 5.43. The molecule has 1 aromatic carbocycles. The Balaban J connectivity index is 2.21. The van der Waals surface area contributed by atoms with E-state index < -0.39 is 0 Å². The van der Waals surface area contributed by atoms with Crippen LogP contribution >= 0.6 is 23.2 Å². The normalized spacial score (nSPS) is 24.5. The molecule has 1 aliphatic carbocycles. The Morgan fingerprint density at radius 1 is 1.17 bits per heavy atom. The van der Waals surface area contributed by atoms with E-state index in [1.807, 2.05) is 12.1 Å². The highest BCUT2D eigenvalue weighted by molar-refractivity contribution is 6.34. The average molecular weight is 369 g/mol. The van der Waals surface area contributed by atoms with Crippen molar-refractivity contribution in [1.82, 2.24) is 9.80 Å². The molecule has 1 saturated carbocycles. The van der Waals surface area contributed by atoms with E-state index in [0.29, 0.717) is 6.04 Å². The number of hydrogen-bond acceptors (Lipinski definition) is 2. The molecule has 0 bridgehead atoms. The van der Waals surface area contributed by atoms with Crippen molar-refractivity contribution in [3.05, 3.63) is 46.5 Å². The van der Waals surface area contributed by atoms with Gasteiger partial charge in [0, 0.05) is 28.2 Å². The molecule has 2 rings (SSSR count). The van der Waals surface area contributed by atoms with Crippen LogP contribution in [0.5, 0.6) is 0 Å². The van der Waals surface area contributed by atoms with Gasteiger partial charge >= 0.3 is 0 Å². The first-order chi connectivity index (χ1) is 11.4. The van der Waals surface area contributed by atoms with Crippen LogP contribution in [0, 0.1) is 0 Å². The third-order valence-corrected chi connectivity index (χ3v) is 5.87. The molecule has 0 spiro atoms. The van der Waals surface area contributed by atoms with Gasteiger partial charge in [-0.05, 0) is 76.5 Å². The zero-order valence-electron chi connectivity index (χ0n) is 15.2. The monoisotopic (exact) mass is 368 g/mol. The van der Waals surface area contributed by atoms with E-state index in [2.05, 4.69) is 49.5 Å². The Labute approximate surface area is 157 Å². The molecule has 24 heavy (non-hydrogen) atoms. The Morgan fingerprint density at radius 2 is 1.75 bits per heavy atom. The molecule has 0 radical (unpaired) electrons. The van der Waals surface area contributed by atoms with Gasteiger partial charge in [-0.3, -0.25) is 9.80 Å². The highest BCUT2D eigenvalue weighted by atomic mass is 35.5. The Bertz CT molecular complexity index is 528. The first kappa shape index (κ1) is 19.8.